The van der Waals surface area contributed by atoms with Gasteiger partial charge in [-0.3, -0.25) is 4.79 Å². The summed E-state index contributed by atoms with van der Waals surface area (Å²) < 4.78 is 5.97. The van der Waals surface area contributed by atoms with Gasteiger partial charge in [-0.2, -0.15) is 0 Å². The SMILES string of the molecule is CCCCOc1ccc(/C=C2\SC(=Nc3cc(Cl)ccc3C)NC2=O)c2ccccc12. The maximum Gasteiger partial charge on any atom is 0.264 e. The van der Waals surface area contributed by atoms with Crippen LogP contribution in [0.1, 0.15) is 30.9 Å². The van der Waals surface area contributed by atoms with Gasteiger partial charge in [-0.1, -0.05) is 61.3 Å². The van der Waals surface area contributed by atoms with Crippen LogP contribution >= 0.6 is 23.4 Å². The standard InChI is InChI=1S/C25H23ClN2O2S/c1-3-4-13-30-22-12-10-17(19-7-5-6-8-20(19)22)14-23-24(29)28-25(31-23)27-21-15-18(26)11-9-16(21)2/h5-12,14-15H,3-4,13H2,1-2H3,(H,27,28,29)/b23-14-. The molecule has 1 amide bonds. The van der Waals surface area contributed by atoms with Crippen LogP contribution in [-0.2, 0) is 4.79 Å². The largest absolute Gasteiger partial charge is 0.493 e. The Kier molecular flexibility index (Phi) is 6.64. The van der Waals surface area contributed by atoms with E-state index in [2.05, 4.69) is 29.4 Å². The molecule has 1 saturated heterocycles. The first-order chi connectivity index (χ1) is 15.0. The number of hydrogen-bond donors (Lipinski definition) is 1. The van der Waals surface area contributed by atoms with Crippen molar-refractivity contribution < 1.29 is 9.53 Å². The molecule has 158 valence electrons. The molecule has 3 aromatic rings. The Morgan fingerprint density at radius 3 is 2.74 bits per heavy atom. The molecule has 0 saturated carbocycles. The van der Waals surface area contributed by atoms with Gasteiger partial charge in [0.05, 0.1) is 17.2 Å². The number of halogens is 1. The molecule has 4 rings (SSSR count). The van der Waals surface area contributed by atoms with E-state index >= 15 is 0 Å². The van der Waals surface area contributed by atoms with E-state index in [0.717, 1.165) is 46.2 Å². The third-order valence-electron chi connectivity index (χ3n) is 5.00. The number of ether oxygens (including phenoxy) is 1. The second kappa shape index (κ2) is 9.58. The summed E-state index contributed by atoms with van der Waals surface area (Å²) in [6, 6.07) is 17.6. The van der Waals surface area contributed by atoms with Crippen molar-refractivity contribution in [1.82, 2.24) is 5.32 Å². The van der Waals surface area contributed by atoms with Gasteiger partial charge in [-0.25, -0.2) is 4.99 Å². The predicted octanol–water partition coefficient (Wildman–Crippen LogP) is 6.87. The van der Waals surface area contributed by atoms with Crippen molar-refractivity contribution >= 4 is 57.0 Å². The number of amides is 1. The average molecular weight is 451 g/mol. The van der Waals surface area contributed by atoms with Crippen molar-refractivity contribution in [3.63, 3.8) is 0 Å². The first-order valence-electron chi connectivity index (χ1n) is 10.3. The van der Waals surface area contributed by atoms with Crippen LogP contribution in [0, 0.1) is 6.92 Å². The number of nitrogens with one attached hydrogen (secondary N) is 1. The molecule has 31 heavy (non-hydrogen) atoms. The molecule has 1 aliphatic heterocycles. The van der Waals surface area contributed by atoms with Gasteiger partial charge in [0, 0.05) is 10.4 Å². The summed E-state index contributed by atoms with van der Waals surface area (Å²) in [6.07, 6.45) is 4.02. The van der Waals surface area contributed by atoms with Gasteiger partial charge in [0.15, 0.2) is 5.17 Å². The van der Waals surface area contributed by atoms with E-state index in [1.54, 1.807) is 6.07 Å². The number of fused-ring (bicyclic) bond motifs is 1. The topological polar surface area (TPSA) is 50.7 Å². The van der Waals surface area contributed by atoms with Crippen molar-refractivity contribution in [2.24, 2.45) is 4.99 Å². The summed E-state index contributed by atoms with van der Waals surface area (Å²) in [4.78, 5) is 17.8. The van der Waals surface area contributed by atoms with Crippen LogP contribution in [-0.4, -0.2) is 17.7 Å². The van der Waals surface area contributed by atoms with E-state index in [0.29, 0.717) is 21.7 Å². The quantitative estimate of drug-likeness (QED) is 0.329. The number of carbonyl (C=O) groups excluding carboxylic acids is 1. The Labute approximate surface area is 191 Å². The number of unbranched alkanes of at least 4 members (excludes halogenated alkanes) is 1. The highest BCUT2D eigenvalue weighted by Gasteiger charge is 2.24. The Bertz CT molecular complexity index is 1200. The summed E-state index contributed by atoms with van der Waals surface area (Å²) in [5.41, 5.74) is 2.71. The maximum atomic E-state index is 12.6. The van der Waals surface area contributed by atoms with E-state index in [1.165, 1.54) is 11.8 Å². The number of aryl methyl sites for hydroxylation is 1. The molecule has 6 heteroatoms. The van der Waals surface area contributed by atoms with Gasteiger partial charge in [0.25, 0.3) is 5.91 Å². The number of amidine groups is 1. The van der Waals surface area contributed by atoms with Crippen LogP contribution in [0.4, 0.5) is 5.69 Å². The summed E-state index contributed by atoms with van der Waals surface area (Å²) in [5, 5.41) is 6.10. The zero-order chi connectivity index (χ0) is 21.8. The molecular weight excluding hydrogens is 428 g/mol. The van der Waals surface area contributed by atoms with E-state index in [1.807, 2.05) is 49.4 Å². The molecule has 0 atom stereocenters. The summed E-state index contributed by atoms with van der Waals surface area (Å²) in [5.74, 6) is 0.712. The average Bonchev–Trinajstić information content (AvgIpc) is 3.11. The molecule has 0 aliphatic carbocycles. The normalized spacial score (nSPS) is 16.3. The molecule has 3 aromatic carbocycles. The van der Waals surface area contributed by atoms with Gasteiger partial charge in [0.1, 0.15) is 5.75 Å². The smallest absolute Gasteiger partial charge is 0.264 e. The zero-order valence-corrected chi connectivity index (χ0v) is 19.0. The third-order valence-corrected chi connectivity index (χ3v) is 6.15. The lowest BCUT2D eigenvalue weighted by Gasteiger charge is -2.11. The molecule has 0 aromatic heterocycles. The highest BCUT2D eigenvalue weighted by atomic mass is 35.5. The number of thioether (sulfide) groups is 1. The maximum absolute atomic E-state index is 12.6. The second-order valence-electron chi connectivity index (χ2n) is 7.31. The van der Waals surface area contributed by atoms with E-state index in [4.69, 9.17) is 16.3 Å². The molecule has 0 bridgehead atoms. The minimum absolute atomic E-state index is 0.157. The number of rotatable bonds is 6. The van der Waals surface area contributed by atoms with E-state index in [-0.39, 0.29) is 5.91 Å². The van der Waals surface area contributed by atoms with Crippen LogP contribution in [0.2, 0.25) is 5.02 Å². The number of hydrogen-bond acceptors (Lipinski definition) is 4. The lowest BCUT2D eigenvalue weighted by molar-refractivity contribution is -0.115. The lowest BCUT2D eigenvalue weighted by atomic mass is 10.0. The fourth-order valence-corrected chi connectivity index (χ4v) is 4.30. The molecule has 1 N–H and O–H groups in total. The van der Waals surface area contributed by atoms with Crippen LogP contribution in [0.25, 0.3) is 16.8 Å². The van der Waals surface area contributed by atoms with Crippen LogP contribution in [0.3, 0.4) is 0 Å². The van der Waals surface area contributed by atoms with Crippen LogP contribution < -0.4 is 10.1 Å². The van der Waals surface area contributed by atoms with Crippen molar-refractivity contribution in [2.75, 3.05) is 6.61 Å². The van der Waals surface area contributed by atoms with Gasteiger partial charge in [0.2, 0.25) is 0 Å². The van der Waals surface area contributed by atoms with Crippen LogP contribution in [0.5, 0.6) is 5.75 Å². The molecule has 0 radical (unpaired) electrons. The molecule has 0 spiro atoms. The second-order valence-corrected chi connectivity index (χ2v) is 8.78. The van der Waals surface area contributed by atoms with Gasteiger partial charge in [-0.05, 0) is 65.9 Å². The molecule has 1 fully saturated rings. The predicted molar refractivity (Wildman–Crippen MR) is 131 cm³/mol. The van der Waals surface area contributed by atoms with Gasteiger partial charge < -0.3 is 10.1 Å². The summed E-state index contributed by atoms with van der Waals surface area (Å²) in [7, 11) is 0. The van der Waals surface area contributed by atoms with Crippen molar-refractivity contribution in [3.05, 3.63) is 75.7 Å². The van der Waals surface area contributed by atoms with Gasteiger partial charge >= 0.3 is 0 Å². The highest BCUT2D eigenvalue weighted by molar-refractivity contribution is 8.18. The Balaban J connectivity index is 1.64. The number of benzene rings is 3. The number of nitrogens with zero attached hydrogens (tertiary/aromatic N) is 1. The first-order valence-corrected chi connectivity index (χ1v) is 11.4. The first kappa shape index (κ1) is 21.5. The minimum atomic E-state index is -0.157. The fourth-order valence-electron chi connectivity index (χ4n) is 3.31. The monoisotopic (exact) mass is 450 g/mol. The molecule has 4 nitrogen and oxygen atoms in total. The fraction of sp³-hybridized carbons (Fsp3) is 0.200. The third kappa shape index (κ3) is 4.94. The van der Waals surface area contributed by atoms with E-state index in [9.17, 15) is 4.79 Å². The van der Waals surface area contributed by atoms with E-state index < -0.39 is 0 Å². The minimum Gasteiger partial charge on any atom is -0.493 e. The molecule has 1 heterocycles. The molecule has 1 aliphatic rings. The highest BCUT2D eigenvalue weighted by Crippen LogP contribution is 2.34. The van der Waals surface area contributed by atoms with Crippen molar-refractivity contribution in [1.29, 1.82) is 0 Å². The molecular formula is C25H23ClN2O2S. The number of aliphatic imine (C=N–C) groups is 1. The Hall–Kier alpha value is -2.76. The van der Waals surface area contributed by atoms with Crippen LogP contribution in [0.15, 0.2) is 64.5 Å². The summed E-state index contributed by atoms with van der Waals surface area (Å²) in [6.45, 7) is 4.80. The lowest BCUT2D eigenvalue weighted by Crippen LogP contribution is -2.19. The zero-order valence-electron chi connectivity index (χ0n) is 17.4. The Morgan fingerprint density at radius 2 is 1.94 bits per heavy atom. The number of carbonyl (C=O) groups is 1. The molecule has 0 unspecified atom stereocenters. The van der Waals surface area contributed by atoms with Gasteiger partial charge in [-0.15, -0.1) is 0 Å². The van der Waals surface area contributed by atoms with Crippen molar-refractivity contribution in [2.45, 2.75) is 26.7 Å². The van der Waals surface area contributed by atoms with Crippen molar-refractivity contribution in [3.8, 4) is 5.75 Å². The summed E-state index contributed by atoms with van der Waals surface area (Å²) >= 11 is 7.42. The Morgan fingerprint density at radius 1 is 1.13 bits per heavy atom.